The third-order valence-corrected chi connectivity index (χ3v) is 4.34. The molecule has 0 radical (unpaired) electrons. The van der Waals surface area contributed by atoms with Crippen molar-refractivity contribution in [1.29, 1.82) is 0 Å². The van der Waals surface area contributed by atoms with Gasteiger partial charge >= 0.3 is 0 Å². The van der Waals surface area contributed by atoms with Crippen LogP contribution in [0.1, 0.15) is 0 Å². The first kappa shape index (κ1) is 13.2. The number of piperazine rings is 1. The van der Waals surface area contributed by atoms with Crippen LogP contribution in [0.4, 0.5) is 17.3 Å². The fraction of sp³-hybridized carbons (Fsp3) is 0.467. The quantitative estimate of drug-likeness (QED) is 0.891. The molecule has 0 saturated carbocycles. The van der Waals surface area contributed by atoms with E-state index in [9.17, 15) is 0 Å². The van der Waals surface area contributed by atoms with Crippen molar-refractivity contribution in [3.8, 4) is 5.75 Å². The molecule has 2 aromatic rings. The van der Waals surface area contributed by atoms with E-state index in [4.69, 9.17) is 4.74 Å². The van der Waals surface area contributed by atoms with Crippen LogP contribution in [-0.2, 0) is 7.05 Å². The van der Waals surface area contributed by atoms with Crippen LogP contribution in [0.5, 0.6) is 5.75 Å². The SMILES string of the molecule is CNc1ccc2c(c1)OCC1CN(c3ncn(C)n3)CCN21. The fourth-order valence-electron chi connectivity index (χ4n) is 3.18. The van der Waals surface area contributed by atoms with Gasteiger partial charge < -0.3 is 19.9 Å². The molecular formula is C15H20N6O. The van der Waals surface area contributed by atoms with Crippen molar-refractivity contribution in [2.24, 2.45) is 7.05 Å². The highest BCUT2D eigenvalue weighted by molar-refractivity contribution is 5.67. The van der Waals surface area contributed by atoms with Crippen molar-refractivity contribution in [3.05, 3.63) is 24.5 Å². The summed E-state index contributed by atoms with van der Waals surface area (Å²) < 4.78 is 7.71. The van der Waals surface area contributed by atoms with E-state index in [1.807, 2.05) is 14.1 Å². The zero-order chi connectivity index (χ0) is 15.1. The molecule has 1 atom stereocenters. The number of benzene rings is 1. The number of fused-ring (bicyclic) bond motifs is 3. The third-order valence-electron chi connectivity index (χ3n) is 4.34. The lowest BCUT2D eigenvalue weighted by Gasteiger charge is -2.45. The molecule has 7 nitrogen and oxygen atoms in total. The molecule has 0 amide bonds. The topological polar surface area (TPSA) is 58.5 Å². The molecule has 2 aliphatic heterocycles. The van der Waals surface area contributed by atoms with Gasteiger partial charge in [0.1, 0.15) is 18.7 Å². The first-order chi connectivity index (χ1) is 10.7. The van der Waals surface area contributed by atoms with Gasteiger partial charge in [-0.1, -0.05) is 0 Å². The van der Waals surface area contributed by atoms with E-state index in [0.29, 0.717) is 12.6 Å². The molecule has 22 heavy (non-hydrogen) atoms. The summed E-state index contributed by atoms with van der Waals surface area (Å²) in [5.41, 5.74) is 2.26. The second kappa shape index (κ2) is 5.08. The van der Waals surface area contributed by atoms with Crippen LogP contribution >= 0.6 is 0 Å². The smallest absolute Gasteiger partial charge is 0.244 e. The van der Waals surface area contributed by atoms with Gasteiger partial charge in [-0.05, 0) is 12.1 Å². The number of nitrogens with one attached hydrogen (secondary N) is 1. The highest BCUT2D eigenvalue weighted by atomic mass is 16.5. The lowest BCUT2D eigenvalue weighted by Crippen LogP contribution is -2.57. The Kier molecular flexibility index (Phi) is 3.06. The number of hydrogen-bond donors (Lipinski definition) is 1. The van der Waals surface area contributed by atoms with Gasteiger partial charge in [0.25, 0.3) is 0 Å². The zero-order valence-electron chi connectivity index (χ0n) is 12.9. The zero-order valence-corrected chi connectivity index (χ0v) is 12.9. The average Bonchev–Trinajstić information content (AvgIpc) is 3.00. The van der Waals surface area contributed by atoms with E-state index in [-0.39, 0.29) is 0 Å². The van der Waals surface area contributed by atoms with Crippen LogP contribution in [0.15, 0.2) is 24.5 Å². The van der Waals surface area contributed by atoms with E-state index >= 15 is 0 Å². The predicted octanol–water partition coefficient (Wildman–Crippen LogP) is 0.944. The Morgan fingerprint density at radius 2 is 2.23 bits per heavy atom. The molecule has 7 heteroatoms. The maximum Gasteiger partial charge on any atom is 0.244 e. The summed E-state index contributed by atoms with van der Waals surface area (Å²) in [6.07, 6.45) is 1.74. The summed E-state index contributed by atoms with van der Waals surface area (Å²) >= 11 is 0. The Balaban J connectivity index is 1.56. The summed E-state index contributed by atoms with van der Waals surface area (Å²) in [4.78, 5) is 9.03. The van der Waals surface area contributed by atoms with Gasteiger partial charge in [0.2, 0.25) is 5.95 Å². The molecular weight excluding hydrogens is 280 g/mol. The highest BCUT2D eigenvalue weighted by Crippen LogP contribution is 2.37. The molecule has 1 fully saturated rings. The predicted molar refractivity (Wildman–Crippen MR) is 85.8 cm³/mol. The largest absolute Gasteiger partial charge is 0.489 e. The van der Waals surface area contributed by atoms with Gasteiger partial charge in [0.15, 0.2) is 0 Å². The molecule has 0 spiro atoms. The van der Waals surface area contributed by atoms with E-state index < -0.39 is 0 Å². The minimum absolute atomic E-state index is 0.338. The van der Waals surface area contributed by atoms with Crippen molar-refractivity contribution >= 4 is 17.3 Å². The molecule has 4 rings (SSSR count). The first-order valence-electron chi connectivity index (χ1n) is 7.56. The Labute approximate surface area is 129 Å². The number of nitrogens with zero attached hydrogens (tertiary/aromatic N) is 5. The van der Waals surface area contributed by atoms with Crippen molar-refractivity contribution in [1.82, 2.24) is 14.8 Å². The molecule has 2 aliphatic rings. The fourth-order valence-corrected chi connectivity index (χ4v) is 3.18. The Morgan fingerprint density at radius 3 is 3.00 bits per heavy atom. The third kappa shape index (κ3) is 2.13. The van der Waals surface area contributed by atoms with Crippen LogP contribution in [0.3, 0.4) is 0 Å². The van der Waals surface area contributed by atoms with Crippen molar-refractivity contribution in [2.75, 3.05) is 48.4 Å². The maximum atomic E-state index is 5.97. The standard InChI is InChI=1S/C15H20N6O/c1-16-11-3-4-13-14(7-11)22-9-12-8-20(5-6-21(12)13)15-17-10-19(2)18-15/h3-4,7,10,12,16H,5-6,8-9H2,1-2H3. The van der Waals surface area contributed by atoms with Crippen LogP contribution in [-0.4, -0.2) is 54.1 Å². The van der Waals surface area contributed by atoms with Gasteiger partial charge in [-0.25, -0.2) is 4.98 Å². The Morgan fingerprint density at radius 1 is 1.32 bits per heavy atom. The van der Waals surface area contributed by atoms with Crippen LogP contribution in [0, 0.1) is 0 Å². The molecule has 0 bridgehead atoms. The van der Waals surface area contributed by atoms with Gasteiger partial charge in [0.05, 0.1) is 11.7 Å². The summed E-state index contributed by atoms with van der Waals surface area (Å²) in [5.74, 6) is 1.77. The number of aromatic nitrogens is 3. The number of ether oxygens (including phenoxy) is 1. The highest BCUT2D eigenvalue weighted by Gasteiger charge is 2.33. The van der Waals surface area contributed by atoms with Crippen molar-refractivity contribution < 1.29 is 4.74 Å². The number of anilines is 3. The Hall–Kier alpha value is -2.44. The lowest BCUT2D eigenvalue weighted by molar-refractivity contribution is 0.254. The Bertz CT molecular complexity index is 684. The summed E-state index contributed by atoms with van der Waals surface area (Å²) in [6.45, 7) is 3.46. The molecule has 1 unspecified atom stereocenters. The van der Waals surface area contributed by atoms with Crippen LogP contribution in [0.25, 0.3) is 0 Å². The van der Waals surface area contributed by atoms with Gasteiger partial charge in [0, 0.05) is 45.5 Å². The number of aryl methyl sites for hydroxylation is 1. The van der Waals surface area contributed by atoms with Crippen molar-refractivity contribution in [3.63, 3.8) is 0 Å². The molecule has 1 N–H and O–H groups in total. The molecule has 1 saturated heterocycles. The lowest BCUT2D eigenvalue weighted by atomic mass is 10.1. The van der Waals surface area contributed by atoms with Gasteiger partial charge in [-0.3, -0.25) is 4.68 Å². The van der Waals surface area contributed by atoms with Gasteiger partial charge in [-0.15, -0.1) is 5.10 Å². The van der Waals surface area contributed by atoms with E-state index in [1.165, 1.54) is 5.69 Å². The molecule has 3 heterocycles. The monoisotopic (exact) mass is 300 g/mol. The molecule has 0 aliphatic carbocycles. The van der Waals surface area contributed by atoms with Gasteiger partial charge in [-0.2, -0.15) is 0 Å². The van der Waals surface area contributed by atoms with E-state index in [2.05, 4.69) is 43.4 Å². The second-order valence-electron chi connectivity index (χ2n) is 5.75. The summed E-state index contributed by atoms with van der Waals surface area (Å²) in [6, 6.07) is 6.64. The molecule has 116 valence electrons. The maximum absolute atomic E-state index is 5.97. The molecule has 1 aromatic carbocycles. The minimum atomic E-state index is 0.338. The van der Waals surface area contributed by atoms with Crippen LogP contribution < -0.4 is 19.9 Å². The average molecular weight is 300 g/mol. The van der Waals surface area contributed by atoms with E-state index in [0.717, 1.165) is 37.0 Å². The normalized spacial score (nSPS) is 20.2. The minimum Gasteiger partial charge on any atom is -0.489 e. The van der Waals surface area contributed by atoms with Crippen LogP contribution in [0.2, 0.25) is 0 Å². The molecule has 1 aromatic heterocycles. The summed E-state index contributed by atoms with van der Waals surface area (Å²) in [7, 11) is 3.82. The van der Waals surface area contributed by atoms with Crippen molar-refractivity contribution in [2.45, 2.75) is 6.04 Å². The number of hydrogen-bond acceptors (Lipinski definition) is 6. The first-order valence-corrected chi connectivity index (χ1v) is 7.56. The second-order valence-corrected chi connectivity index (χ2v) is 5.75. The summed E-state index contributed by atoms with van der Waals surface area (Å²) in [5, 5.41) is 7.56. The number of rotatable bonds is 2. The van der Waals surface area contributed by atoms with E-state index in [1.54, 1.807) is 11.0 Å².